The van der Waals surface area contributed by atoms with Crippen molar-refractivity contribution in [3.8, 4) is 0 Å². The lowest BCUT2D eigenvalue weighted by atomic mass is 9.65. The summed E-state index contributed by atoms with van der Waals surface area (Å²) in [6.07, 6.45) is -0.677. The molecule has 174 valence electrons. The van der Waals surface area contributed by atoms with Crippen molar-refractivity contribution in [2.24, 2.45) is 17.3 Å². The van der Waals surface area contributed by atoms with Crippen LogP contribution in [0.5, 0.6) is 0 Å². The number of hydrogen-bond donors (Lipinski definition) is 0. The fourth-order valence-electron chi connectivity index (χ4n) is 4.76. The second-order valence-corrected chi connectivity index (χ2v) is 8.89. The largest absolute Gasteiger partial charge is 0.459 e. The first-order chi connectivity index (χ1) is 16.4. The molecule has 0 aliphatic carbocycles. The van der Waals surface area contributed by atoms with Crippen molar-refractivity contribution in [2.45, 2.75) is 20.0 Å². The van der Waals surface area contributed by atoms with E-state index in [4.69, 9.17) is 9.47 Å². The third-order valence-electron chi connectivity index (χ3n) is 6.89. The summed E-state index contributed by atoms with van der Waals surface area (Å²) in [7, 11) is 0. The van der Waals surface area contributed by atoms with Gasteiger partial charge in [-0.3, -0.25) is 9.59 Å². The Hall–Kier alpha value is -3.57. The maximum Gasteiger partial charge on any atom is 0.338 e. The Labute approximate surface area is 199 Å². The van der Waals surface area contributed by atoms with Crippen LogP contribution in [-0.4, -0.2) is 36.9 Å². The van der Waals surface area contributed by atoms with Crippen molar-refractivity contribution in [1.82, 2.24) is 0 Å². The molecular formula is C29H28O5. The van der Waals surface area contributed by atoms with Gasteiger partial charge in [-0.1, -0.05) is 85.8 Å². The van der Waals surface area contributed by atoms with Crippen LogP contribution in [0.2, 0.25) is 0 Å². The summed E-state index contributed by atoms with van der Waals surface area (Å²) in [4.78, 5) is 39.7. The maximum atomic E-state index is 13.8. The zero-order valence-electron chi connectivity index (χ0n) is 19.3. The van der Waals surface area contributed by atoms with E-state index in [1.54, 1.807) is 48.5 Å². The Morgan fingerprint density at radius 3 is 1.91 bits per heavy atom. The van der Waals surface area contributed by atoms with E-state index >= 15 is 0 Å². The first-order valence-corrected chi connectivity index (χ1v) is 11.5. The molecule has 34 heavy (non-hydrogen) atoms. The highest BCUT2D eigenvalue weighted by Crippen LogP contribution is 2.47. The van der Waals surface area contributed by atoms with Crippen LogP contribution in [0.25, 0.3) is 0 Å². The molecule has 0 bridgehead atoms. The first-order valence-electron chi connectivity index (χ1n) is 11.5. The predicted molar refractivity (Wildman–Crippen MR) is 129 cm³/mol. The van der Waals surface area contributed by atoms with Gasteiger partial charge in [-0.15, -0.1) is 0 Å². The summed E-state index contributed by atoms with van der Waals surface area (Å²) in [6, 6.07) is 26.8. The average Bonchev–Trinajstić information content (AvgIpc) is 3.24. The summed E-state index contributed by atoms with van der Waals surface area (Å²) in [5.74, 6) is -1.48. The van der Waals surface area contributed by atoms with Gasteiger partial charge in [0.05, 0.1) is 17.6 Å². The highest BCUT2D eigenvalue weighted by Gasteiger charge is 2.56. The Morgan fingerprint density at radius 1 is 0.853 bits per heavy atom. The Kier molecular flexibility index (Phi) is 7.03. The number of benzene rings is 3. The second kappa shape index (κ2) is 10.1. The zero-order valence-corrected chi connectivity index (χ0v) is 19.3. The minimum absolute atomic E-state index is 0.0387. The highest BCUT2D eigenvalue weighted by atomic mass is 16.6. The molecule has 1 unspecified atom stereocenters. The molecule has 1 aliphatic rings. The van der Waals surface area contributed by atoms with E-state index < -0.39 is 23.4 Å². The molecule has 1 heterocycles. The molecule has 3 aromatic rings. The summed E-state index contributed by atoms with van der Waals surface area (Å²) in [6.45, 7) is 3.82. The second-order valence-electron chi connectivity index (χ2n) is 8.89. The summed E-state index contributed by atoms with van der Waals surface area (Å²) in [5.41, 5.74) is 0.519. The van der Waals surface area contributed by atoms with Gasteiger partial charge < -0.3 is 9.47 Å². The van der Waals surface area contributed by atoms with Gasteiger partial charge in [0.1, 0.15) is 12.7 Å². The van der Waals surface area contributed by atoms with E-state index in [0.717, 1.165) is 0 Å². The van der Waals surface area contributed by atoms with E-state index in [-0.39, 0.29) is 30.7 Å². The van der Waals surface area contributed by atoms with Crippen molar-refractivity contribution in [1.29, 1.82) is 0 Å². The molecule has 5 heteroatoms. The number of carbonyl (C=O) groups excluding carboxylic acids is 3. The normalized spacial score (nSPS) is 22.6. The van der Waals surface area contributed by atoms with E-state index in [1.165, 1.54) is 0 Å². The van der Waals surface area contributed by atoms with E-state index in [9.17, 15) is 14.4 Å². The standard InChI is InChI=1S/C29H28O5/c1-20(26(30)21-12-6-3-7-13-21)24-18-33-25(19-34-28(32)23-16-10-5-11-17-23)29(24,2)27(31)22-14-8-4-9-15-22/h3-17,20,24-25H,18-19H2,1-2H3/t20?,24-,25+,29-/m0/s1. The Morgan fingerprint density at radius 2 is 1.35 bits per heavy atom. The predicted octanol–water partition coefficient (Wildman–Crippen LogP) is 5.27. The number of esters is 1. The van der Waals surface area contributed by atoms with Gasteiger partial charge in [-0.2, -0.15) is 0 Å². The number of Topliss-reactive ketones (excluding diaryl/α,β-unsaturated/α-hetero) is 2. The number of carbonyl (C=O) groups is 3. The molecule has 0 aromatic heterocycles. The smallest absolute Gasteiger partial charge is 0.338 e. The van der Waals surface area contributed by atoms with Gasteiger partial charge in [0.15, 0.2) is 11.6 Å². The van der Waals surface area contributed by atoms with Crippen LogP contribution >= 0.6 is 0 Å². The lowest BCUT2D eigenvalue weighted by molar-refractivity contribution is -0.00901. The molecule has 1 saturated heterocycles. The number of hydrogen-bond acceptors (Lipinski definition) is 5. The van der Waals surface area contributed by atoms with E-state index in [2.05, 4.69) is 0 Å². The van der Waals surface area contributed by atoms with Gasteiger partial charge in [0, 0.05) is 23.0 Å². The molecule has 0 N–H and O–H groups in total. The van der Waals surface area contributed by atoms with Gasteiger partial charge in [-0.25, -0.2) is 4.79 Å². The molecule has 3 aromatic carbocycles. The van der Waals surface area contributed by atoms with Gasteiger partial charge >= 0.3 is 5.97 Å². The topological polar surface area (TPSA) is 69.7 Å². The molecule has 1 fully saturated rings. The van der Waals surface area contributed by atoms with Gasteiger partial charge in [0.25, 0.3) is 0 Å². The molecule has 5 nitrogen and oxygen atoms in total. The quantitative estimate of drug-likeness (QED) is 0.341. The van der Waals surface area contributed by atoms with Crippen molar-refractivity contribution in [3.63, 3.8) is 0 Å². The van der Waals surface area contributed by atoms with Crippen molar-refractivity contribution < 1.29 is 23.9 Å². The van der Waals surface area contributed by atoms with Crippen LogP contribution in [0.15, 0.2) is 91.0 Å². The van der Waals surface area contributed by atoms with Gasteiger partial charge in [0.2, 0.25) is 0 Å². The molecule has 4 atom stereocenters. The van der Waals surface area contributed by atoms with Crippen molar-refractivity contribution in [3.05, 3.63) is 108 Å². The van der Waals surface area contributed by atoms with Crippen LogP contribution in [0.4, 0.5) is 0 Å². The van der Waals surface area contributed by atoms with Crippen molar-refractivity contribution >= 4 is 17.5 Å². The Balaban J connectivity index is 1.61. The van der Waals surface area contributed by atoms with E-state index in [0.29, 0.717) is 16.7 Å². The van der Waals surface area contributed by atoms with Crippen LogP contribution < -0.4 is 0 Å². The number of ketones is 2. The fraction of sp³-hybridized carbons (Fsp3) is 0.276. The summed E-state index contributed by atoms with van der Waals surface area (Å²) in [5, 5.41) is 0. The maximum absolute atomic E-state index is 13.8. The zero-order chi connectivity index (χ0) is 24.1. The fourth-order valence-corrected chi connectivity index (χ4v) is 4.76. The SMILES string of the molecule is CC(C(=O)c1ccccc1)[C@@H]1CO[C@H](COC(=O)c2ccccc2)[C@@]1(C)C(=O)c1ccccc1. The lowest BCUT2D eigenvalue weighted by Gasteiger charge is -2.35. The summed E-state index contributed by atoms with van der Waals surface area (Å²) >= 11 is 0. The molecule has 0 spiro atoms. The van der Waals surface area contributed by atoms with Crippen LogP contribution in [0, 0.1) is 17.3 Å². The van der Waals surface area contributed by atoms with Crippen LogP contribution in [0.1, 0.15) is 44.9 Å². The molecule has 1 aliphatic heterocycles. The van der Waals surface area contributed by atoms with Gasteiger partial charge in [-0.05, 0) is 19.1 Å². The minimum Gasteiger partial charge on any atom is -0.459 e. The van der Waals surface area contributed by atoms with Crippen molar-refractivity contribution in [2.75, 3.05) is 13.2 Å². The number of ether oxygens (including phenoxy) is 2. The lowest BCUT2D eigenvalue weighted by Crippen LogP contribution is -2.46. The van der Waals surface area contributed by atoms with Crippen LogP contribution in [0.3, 0.4) is 0 Å². The minimum atomic E-state index is -1.05. The molecule has 4 rings (SSSR count). The third-order valence-corrected chi connectivity index (χ3v) is 6.89. The van der Waals surface area contributed by atoms with E-state index in [1.807, 2.05) is 56.3 Å². The highest BCUT2D eigenvalue weighted by molar-refractivity contribution is 6.03. The molecular weight excluding hydrogens is 428 g/mol. The molecule has 0 radical (unpaired) electrons. The first kappa shape index (κ1) is 23.6. The number of rotatable bonds is 8. The Bertz CT molecular complexity index is 1140. The molecule has 0 saturated carbocycles. The monoisotopic (exact) mass is 456 g/mol. The molecule has 0 amide bonds. The summed E-state index contributed by atoms with van der Waals surface area (Å²) < 4.78 is 11.6. The van der Waals surface area contributed by atoms with Crippen LogP contribution in [-0.2, 0) is 9.47 Å². The third kappa shape index (κ3) is 4.57. The average molecular weight is 457 g/mol.